The van der Waals surface area contributed by atoms with Crippen LogP contribution in [0.4, 0.5) is 0 Å². The molecule has 0 radical (unpaired) electrons. The van der Waals surface area contributed by atoms with Gasteiger partial charge >= 0.3 is 11.9 Å². The summed E-state index contributed by atoms with van der Waals surface area (Å²) in [6.45, 7) is 4.04. The highest BCUT2D eigenvalue weighted by Crippen LogP contribution is 2.11. The van der Waals surface area contributed by atoms with Crippen molar-refractivity contribution in [2.24, 2.45) is 0 Å². The number of aliphatic hydroxyl groups excluding tert-OH is 1. The van der Waals surface area contributed by atoms with E-state index in [0.29, 0.717) is 12.8 Å². The van der Waals surface area contributed by atoms with Crippen molar-refractivity contribution >= 4 is 11.9 Å². The smallest absolute Gasteiger partial charge is 0.306 e. The summed E-state index contributed by atoms with van der Waals surface area (Å²) in [6.07, 6.45) is 32.2. The molecule has 38 heavy (non-hydrogen) atoms. The SMILES string of the molecule is CCCC/C=C\CCCCCCCC(=O)O[C@@H](CO)COC(=O)CCCCCCC/C=C\CCCCCC. The van der Waals surface area contributed by atoms with Crippen LogP contribution in [0.3, 0.4) is 0 Å². The Hall–Kier alpha value is -1.62. The predicted molar refractivity (Wildman–Crippen MR) is 159 cm³/mol. The Labute approximate surface area is 234 Å². The fourth-order valence-corrected chi connectivity index (χ4v) is 4.23. The Bertz CT molecular complexity index is 584. The molecule has 0 rings (SSSR count). The van der Waals surface area contributed by atoms with Gasteiger partial charge in [-0.25, -0.2) is 0 Å². The lowest BCUT2D eigenvalue weighted by Gasteiger charge is -2.15. The molecule has 0 aliphatic heterocycles. The summed E-state index contributed by atoms with van der Waals surface area (Å²) in [4.78, 5) is 24.0. The van der Waals surface area contributed by atoms with Gasteiger partial charge < -0.3 is 14.6 Å². The van der Waals surface area contributed by atoms with Crippen molar-refractivity contribution in [1.82, 2.24) is 0 Å². The molecule has 0 heterocycles. The maximum absolute atomic E-state index is 12.0. The Kier molecular flexibility index (Phi) is 28.7. The van der Waals surface area contributed by atoms with Gasteiger partial charge in [-0.3, -0.25) is 9.59 Å². The monoisotopic (exact) mass is 536 g/mol. The molecular formula is C33H60O5. The summed E-state index contributed by atoms with van der Waals surface area (Å²) in [6, 6.07) is 0. The van der Waals surface area contributed by atoms with Crippen molar-refractivity contribution in [1.29, 1.82) is 0 Å². The number of carbonyl (C=O) groups is 2. The summed E-state index contributed by atoms with van der Waals surface area (Å²) in [7, 11) is 0. The van der Waals surface area contributed by atoms with Crippen molar-refractivity contribution in [3.8, 4) is 0 Å². The molecule has 0 unspecified atom stereocenters. The number of carbonyl (C=O) groups excluding carboxylic acids is 2. The number of aliphatic hydroxyl groups is 1. The Morgan fingerprint density at radius 1 is 0.579 bits per heavy atom. The number of allylic oxidation sites excluding steroid dienone is 4. The van der Waals surface area contributed by atoms with E-state index in [0.717, 1.165) is 51.4 Å². The van der Waals surface area contributed by atoms with Crippen LogP contribution < -0.4 is 0 Å². The third-order valence-electron chi connectivity index (χ3n) is 6.72. The summed E-state index contributed by atoms with van der Waals surface area (Å²) in [5.74, 6) is -0.615. The zero-order valence-electron chi connectivity index (χ0n) is 24.9. The third-order valence-corrected chi connectivity index (χ3v) is 6.72. The van der Waals surface area contributed by atoms with E-state index in [1.165, 1.54) is 77.0 Å². The number of hydrogen-bond acceptors (Lipinski definition) is 5. The second kappa shape index (κ2) is 29.9. The van der Waals surface area contributed by atoms with E-state index < -0.39 is 6.10 Å². The number of rotatable bonds is 28. The van der Waals surface area contributed by atoms with E-state index in [4.69, 9.17) is 9.47 Å². The Balaban J connectivity index is 3.62. The zero-order valence-corrected chi connectivity index (χ0v) is 24.9. The van der Waals surface area contributed by atoms with Crippen molar-refractivity contribution in [3.63, 3.8) is 0 Å². The number of esters is 2. The summed E-state index contributed by atoms with van der Waals surface area (Å²) in [5.41, 5.74) is 0. The molecule has 0 spiro atoms. The van der Waals surface area contributed by atoms with Gasteiger partial charge in [0.2, 0.25) is 0 Å². The number of ether oxygens (including phenoxy) is 2. The van der Waals surface area contributed by atoms with Gasteiger partial charge in [-0.1, -0.05) is 109 Å². The van der Waals surface area contributed by atoms with Crippen molar-refractivity contribution in [2.45, 2.75) is 161 Å². The molecule has 0 aromatic rings. The Morgan fingerprint density at radius 2 is 1.00 bits per heavy atom. The predicted octanol–water partition coefficient (Wildman–Crippen LogP) is 9.17. The third kappa shape index (κ3) is 27.4. The number of unbranched alkanes of at least 4 members (excludes halogenated alkanes) is 16. The average Bonchev–Trinajstić information content (AvgIpc) is 2.92. The fourth-order valence-electron chi connectivity index (χ4n) is 4.23. The lowest BCUT2D eigenvalue weighted by atomic mass is 10.1. The van der Waals surface area contributed by atoms with E-state index in [9.17, 15) is 14.7 Å². The van der Waals surface area contributed by atoms with E-state index >= 15 is 0 Å². The standard InChI is InChI=1S/C33H60O5/c1-3-5-7-9-11-13-15-16-18-19-21-23-25-27-32(35)37-30-31(29-34)38-33(36)28-26-24-22-20-17-14-12-10-8-6-4-2/h10,12-13,15,31,34H,3-9,11,14,16-30H2,1-2H3/b12-10-,15-13-/t31-/m0/s1. The molecule has 0 bridgehead atoms. The van der Waals surface area contributed by atoms with E-state index in [-0.39, 0.29) is 25.2 Å². The van der Waals surface area contributed by atoms with Gasteiger partial charge in [0.25, 0.3) is 0 Å². The molecule has 222 valence electrons. The quantitative estimate of drug-likeness (QED) is 0.0613. The minimum Gasteiger partial charge on any atom is -0.462 e. The molecule has 0 saturated carbocycles. The lowest BCUT2D eigenvalue weighted by Crippen LogP contribution is -2.28. The first-order chi connectivity index (χ1) is 18.6. The molecule has 0 aliphatic carbocycles. The van der Waals surface area contributed by atoms with Crippen molar-refractivity contribution < 1.29 is 24.2 Å². The molecule has 1 atom stereocenters. The van der Waals surface area contributed by atoms with E-state index in [1.54, 1.807) is 0 Å². The lowest BCUT2D eigenvalue weighted by molar-refractivity contribution is -0.161. The highest BCUT2D eigenvalue weighted by Gasteiger charge is 2.16. The molecule has 0 fully saturated rings. The van der Waals surface area contributed by atoms with Crippen LogP contribution >= 0.6 is 0 Å². The van der Waals surface area contributed by atoms with Gasteiger partial charge in [0.05, 0.1) is 6.61 Å². The molecule has 5 heteroatoms. The molecule has 1 N–H and O–H groups in total. The van der Waals surface area contributed by atoms with Crippen LogP contribution in [0.2, 0.25) is 0 Å². The van der Waals surface area contributed by atoms with Gasteiger partial charge in [0, 0.05) is 12.8 Å². The van der Waals surface area contributed by atoms with Gasteiger partial charge in [-0.2, -0.15) is 0 Å². The first-order valence-electron chi connectivity index (χ1n) is 15.9. The summed E-state index contributed by atoms with van der Waals surface area (Å²) >= 11 is 0. The van der Waals surface area contributed by atoms with Crippen LogP contribution in [0.1, 0.15) is 155 Å². The van der Waals surface area contributed by atoms with Gasteiger partial charge in [-0.15, -0.1) is 0 Å². The second-order valence-electron chi connectivity index (χ2n) is 10.5. The highest BCUT2D eigenvalue weighted by atomic mass is 16.6. The molecule has 0 saturated heterocycles. The van der Waals surface area contributed by atoms with Crippen molar-refractivity contribution in [2.75, 3.05) is 13.2 Å². The van der Waals surface area contributed by atoms with Gasteiger partial charge in [-0.05, 0) is 57.8 Å². The van der Waals surface area contributed by atoms with E-state index in [1.807, 2.05) is 0 Å². The van der Waals surface area contributed by atoms with Crippen LogP contribution in [0.5, 0.6) is 0 Å². The second-order valence-corrected chi connectivity index (χ2v) is 10.5. The molecule has 0 amide bonds. The molecular weight excluding hydrogens is 476 g/mol. The Morgan fingerprint density at radius 3 is 1.50 bits per heavy atom. The fraction of sp³-hybridized carbons (Fsp3) is 0.818. The topological polar surface area (TPSA) is 72.8 Å². The van der Waals surface area contributed by atoms with Crippen LogP contribution in [0.25, 0.3) is 0 Å². The highest BCUT2D eigenvalue weighted by molar-refractivity contribution is 5.70. The van der Waals surface area contributed by atoms with Crippen LogP contribution in [-0.4, -0.2) is 36.4 Å². The van der Waals surface area contributed by atoms with Gasteiger partial charge in [0.1, 0.15) is 6.61 Å². The molecule has 5 nitrogen and oxygen atoms in total. The largest absolute Gasteiger partial charge is 0.462 e. The van der Waals surface area contributed by atoms with Crippen molar-refractivity contribution in [3.05, 3.63) is 24.3 Å². The zero-order chi connectivity index (χ0) is 27.9. The van der Waals surface area contributed by atoms with Crippen LogP contribution in [-0.2, 0) is 19.1 Å². The first kappa shape index (κ1) is 36.4. The normalized spacial score (nSPS) is 12.4. The first-order valence-corrected chi connectivity index (χ1v) is 15.9. The van der Waals surface area contributed by atoms with Crippen LogP contribution in [0.15, 0.2) is 24.3 Å². The molecule has 0 aromatic carbocycles. The average molecular weight is 537 g/mol. The summed E-state index contributed by atoms with van der Waals surface area (Å²) < 4.78 is 10.5. The minimum atomic E-state index is -0.773. The molecule has 0 aliphatic rings. The van der Waals surface area contributed by atoms with E-state index in [2.05, 4.69) is 38.2 Å². The van der Waals surface area contributed by atoms with Crippen LogP contribution in [0, 0.1) is 0 Å². The number of hydrogen-bond donors (Lipinski definition) is 1. The molecule has 0 aromatic heterocycles. The van der Waals surface area contributed by atoms with Gasteiger partial charge in [0.15, 0.2) is 6.10 Å². The minimum absolute atomic E-state index is 0.0718. The maximum atomic E-state index is 12.0. The summed E-state index contributed by atoms with van der Waals surface area (Å²) in [5, 5.41) is 9.47. The maximum Gasteiger partial charge on any atom is 0.306 e.